The molecule has 0 unspecified atom stereocenters. The molecule has 0 saturated carbocycles. The van der Waals surface area contributed by atoms with Gasteiger partial charge in [-0.3, -0.25) is 0 Å². The van der Waals surface area contributed by atoms with Gasteiger partial charge in [0.15, 0.2) is 5.70 Å². The molecular weight excluding hydrogens is 326 g/mol. The fourth-order valence-corrected chi connectivity index (χ4v) is 2.95. The number of carbonyl (C=O) groups is 1. The third-order valence-electron chi connectivity index (χ3n) is 4.11. The Kier molecular flexibility index (Phi) is 4.23. The molecule has 0 spiro atoms. The molecule has 0 fully saturated rings. The van der Waals surface area contributed by atoms with Crippen LogP contribution in [-0.2, 0) is 9.53 Å². The molecule has 0 bridgehead atoms. The van der Waals surface area contributed by atoms with Crippen LogP contribution in [0.1, 0.15) is 18.1 Å². The first-order valence-corrected chi connectivity index (χ1v) is 8.48. The largest absolute Gasteiger partial charge is 0.494 e. The van der Waals surface area contributed by atoms with Crippen molar-refractivity contribution in [1.29, 1.82) is 0 Å². The molecule has 128 valence electrons. The van der Waals surface area contributed by atoms with E-state index in [4.69, 9.17) is 9.47 Å². The van der Waals surface area contributed by atoms with Crippen LogP contribution in [0.3, 0.4) is 0 Å². The molecule has 0 atom stereocenters. The van der Waals surface area contributed by atoms with Crippen molar-refractivity contribution in [2.45, 2.75) is 6.92 Å². The lowest BCUT2D eigenvalue weighted by atomic mass is 10.0. The summed E-state index contributed by atoms with van der Waals surface area (Å²) in [6.45, 7) is 2.52. The summed E-state index contributed by atoms with van der Waals surface area (Å²) in [7, 11) is 0. The number of cyclic esters (lactones) is 1. The Balaban J connectivity index is 1.72. The van der Waals surface area contributed by atoms with Gasteiger partial charge in [-0.2, -0.15) is 0 Å². The molecule has 3 aromatic rings. The number of esters is 1. The summed E-state index contributed by atoms with van der Waals surface area (Å²) in [5, 5.41) is 2.08. The lowest BCUT2D eigenvalue weighted by molar-refractivity contribution is -0.129. The minimum atomic E-state index is -0.449. The molecule has 0 N–H and O–H groups in total. The van der Waals surface area contributed by atoms with Crippen molar-refractivity contribution in [3.8, 4) is 5.75 Å². The molecular formula is C22H17NO3. The molecule has 0 aromatic heterocycles. The van der Waals surface area contributed by atoms with Gasteiger partial charge in [-0.25, -0.2) is 9.79 Å². The summed E-state index contributed by atoms with van der Waals surface area (Å²) in [6, 6.07) is 21.3. The van der Waals surface area contributed by atoms with Crippen molar-refractivity contribution in [3.63, 3.8) is 0 Å². The Morgan fingerprint density at radius 1 is 1.04 bits per heavy atom. The van der Waals surface area contributed by atoms with Crippen LogP contribution in [0.4, 0.5) is 0 Å². The molecule has 26 heavy (non-hydrogen) atoms. The van der Waals surface area contributed by atoms with Crippen molar-refractivity contribution in [2.75, 3.05) is 6.61 Å². The predicted octanol–water partition coefficient (Wildman–Crippen LogP) is 4.58. The van der Waals surface area contributed by atoms with Crippen LogP contribution in [0.15, 0.2) is 77.4 Å². The summed E-state index contributed by atoms with van der Waals surface area (Å²) in [4.78, 5) is 16.7. The van der Waals surface area contributed by atoms with E-state index in [2.05, 4.69) is 4.99 Å². The zero-order valence-electron chi connectivity index (χ0n) is 14.3. The van der Waals surface area contributed by atoms with Crippen molar-refractivity contribution >= 4 is 28.7 Å². The number of hydrogen-bond donors (Lipinski definition) is 0. The van der Waals surface area contributed by atoms with Crippen LogP contribution in [0.25, 0.3) is 16.8 Å². The van der Waals surface area contributed by atoms with Crippen LogP contribution in [0.5, 0.6) is 5.75 Å². The monoisotopic (exact) mass is 343 g/mol. The number of aliphatic imine (C=N–C) groups is 1. The second-order valence-electron chi connectivity index (χ2n) is 5.87. The number of ether oxygens (including phenoxy) is 2. The van der Waals surface area contributed by atoms with Crippen LogP contribution >= 0.6 is 0 Å². The normalized spacial score (nSPS) is 15.2. The van der Waals surface area contributed by atoms with Crippen LogP contribution in [0.2, 0.25) is 0 Å². The number of carbonyl (C=O) groups excluding carboxylic acids is 1. The second-order valence-corrected chi connectivity index (χ2v) is 5.87. The van der Waals surface area contributed by atoms with Gasteiger partial charge in [-0.15, -0.1) is 0 Å². The quantitative estimate of drug-likeness (QED) is 0.514. The molecule has 3 aromatic carbocycles. The third kappa shape index (κ3) is 3.09. The molecule has 4 rings (SSSR count). The van der Waals surface area contributed by atoms with Gasteiger partial charge in [-0.05, 0) is 47.5 Å². The second kappa shape index (κ2) is 6.84. The Labute approximate surface area is 151 Å². The predicted molar refractivity (Wildman–Crippen MR) is 102 cm³/mol. The van der Waals surface area contributed by atoms with Crippen LogP contribution in [0, 0.1) is 0 Å². The van der Waals surface area contributed by atoms with E-state index in [-0.39, 0.29) is 5.70 Å². The number of rotatable bonds is 4. The highest BCUT2D eigenvalue weighted by Crippen LogP contribution is 2.25. The molecule has 1 heterocycles. The van der Waals surface area contributed by atoms with E-state index in [9.17, 15) is 4.79 Å². The topological polar surface area (TPSA) is 47.9 Å². The molecule has 0 aliphatic carbocycles. The fraction of sp³-hybridized carbons (Fsp3) is 0.0909. The number of nitrogens with zero attached hydrogens (tertiary/aromatic N) is 1. The van der Waals surface area contributed by atoms with Gasteiger partial charge in [0.1, 0.15) is 5.75 Å². The van der Waals surface area contributed by atoms with Crippen molar-refractivity contribution in [2.24, 2.45) is 4.99 Å². The Hall–Kier alpha value is -3.40. The first-order valence-electron chi connectivity index (χ1n) is 8.48. The number of benzene rings is 3. The van der Waals surface area contributed by atoms with Crippen molar-refractivity contribution in [1.82, 2.24) is 0 Å². The summed E-state index contributed by atoms with van der Waals surface area (Å²) in [5.74, 6) is 0.639. The van der Waals surface area contributed by atoms with Gasteiger partial charge in [-0.1, -0.05) is 48.5 Å². The first-order chi connectivity index (χ1) is 12.7. The zero-order chi connectivity index (χ0) is 17.9. The molecule has 4 nitrogen and oxygen atoms in total. The zero-order valence-corrected chi connectivity index (χ0v) is 14.3. The van der Waals surface area contributed by atoms with Gasteiger partial charge < -0.3 is 9.47 Å². The lowest BCUT2D eigenvalue weighted by Gasteiger charge is -2.04. The SMILES string of the molecule is CCOc1cccc(/C=C2\N=C(c3cccc4ccccc34)OC2=O)c1. The maximum atomic E-state index is 12.3. The number of hydrogen-bond acceptors (Lipinski definition) is 4. The molecule has 4 heteroatoms. The van der Waals surface area contributed by atoms with E-state index in [0.717, 1.165) is 27.6 Å². The lowest BCUT2D eigenvalue weighted by Crippen LogP contribution is -2.05. The number of fused-ring (bicyclic) bond motifs is 1. The Bertz CT molecular complexity index is 1040. The van der Waals surface area contributed by atoms with E-state index < -0.39 is 5.97 Å². The highest BCUT2D eigenvalue weighted by Gasteiger charge is 2.25. The molecule has 1 aliphatic heterocycles. The minimum absolute atomic E-state index is 0.279. The van der Waals surface area contributed by atoms with E-state index in [1.54, 1.807) is 6.08 Å². The van der Waals surface area contributed by atoms with Crippen molar-refractivity contribution in [3.05, 3.63) is 83.6 Å². The molecule has 0 radical (unpaired) electrons. The smallest absolute Gasteiger partial charge is 0.363 e. The average molecular weight is 343 g/mol. The average Bonchev–Trinajstić information content (AvgIpc) is 3.02. The van der Waals surface area contributed by atoms with Gasteiger partial charge in [0.2, 0.25) is 5.90 Å². The summed E-state index contributed by atoms with van der Waals surface area (Å²) in [6.07, 6.45) is 1.71. The van der Waals surface area contributed by atoms with Gasteiger partial charge >= 0.3 is 5.97 Å². The highest BCUT2D eigenvalue weighted by molar-refractivity contribution is 6.17. The van der Waals surface area contributed by atoms with Gasteiger partial charge in [0, 0.05) is 5.56 Å². The van der Waals surface area contributed by atoms with E-state index in [1.807, 2.05) is 73.7 Å². The maximum absolute atomic E-state index is 12.3. The maximum Gasteiger partial charge on any atom is 0.363 e. The van der Waals surface area contributed by atoms with Crippen molar-refractivity contribution < 1.29 is 14.3 Å². The van der Waals surface area contributed by atoms with E-state index in [1.165, 1.54) is 0 Å². The van der Waals surface area contributed by atoms with E-state index in [0.29, 0.717) is 12.5 Å². The summed E-state index contributed by atoms with van der Waals surface area (Å²) >= 11 is 0. The van der Waals surface area contributed by atoms with Crippen LogP contribution in [-0.4, -0.2) is 18.5 Å². The van der Waals surface area contributed by atoms with E-state index >= 15 is 0 Å². The standard InChI is InChI=1S/C22H17NO3/c1-2-25-17-10-5-7-15(13-17)14-20-22(24)26-21(23-20)19-12-6-9-16-8-3-4-11-18(16)19/h3-14H,2H2,1H3/b20-14-. The summed E-state index contributed by atoms with van der Waals surface area (Å²) < 4.78 is 10.9. The first kappa shape index (κ1) is 16.1. The molecule has 1 aliphatic rings. The highest BCUT2D eigenvalue weighted by atomic mass is 16.6. The minimum Gasteiger partial charge on any atom is -0.494 e. The molecule has 0 amide bonds. The molecule has 0 saturated heterocycles. The Morgan fingerprint density at radius 3 is 2.73 bits per heavy atom. The Morgan fingerprint density at radius 2 is 1.85 bits per heavy atom. The third-order valence-corrected chi connectivity index (χ3v) is 4.11. The fourth-order valence-electron chi connectivity index (χ4n) is 2.95. The van der Waals surface area contributed by atoms with Gasteiger partial charge in [0.05, 0.1) is 6.61 Å². The summed E-state index contributed by atoms with van der Waals surface area (Å²) in [5.41, 5.74) is 1.93. The van der Waals surface area contributed by atoms with Crippen LogP contribution < -0.4 is 4.74 Å². The van der Waals surface area contributed by atoms with Gasteiger partial charge in [0.25, 0.3) is 0 Å².